The smallest absolute Gasteiger partial charge is 0.265 e. The van der Waals surface area contributed by atoms with Gasteiger partial charge in [-0.2, -0.15) is 4.31 Å². The Morgan fingerprint density at radius 3 is 2.70 bits per heavy atom. The van der Waals surface area contributed by atoms with Gasteiger partial charge in [0.2, 0.25) is 15.9 Å². The highest BCUT2D eigenvalue weighted by molar-refractivity contribution is 7.89. The van der Waals surface area contributed by atoms with Crippen molar-refractivity contribution in [2.24, 2.45) is 0 Å². The molecular formula is C22H25N3O7S. The van der Waals surface area contributed by atoms with Crippen molar-refractivity contribution in [2.75, 3.05) is 44.0 Å². The van der Waals surface area contributed by atoms with Gasteiger partial charge in [-0.25, -0.2) is 8.42 Å². The van der Waals surface area contributed by atoms with Crippen LogP contribution < -0.4 is 20.1 Å². The largest absolute Gasteiger partial charge is 0.495 e. The topological polar surface area (TPSA) is 123 Å². The summed E-state index contributed by atoms with van der Waals surface area (Å²) < 4.78 is 43.6. The minimum Gasteiger partial charge on any atom is -0.495 e. The number of anilines is 2. The number of carbonyl (C=O) groups excluding carboxylic acids is 2. The van der Waals surface area contributed by atoms with Gasteiger partial charge in [-0.3, -0.25) is 9.59 Å². The summed E-state index contributed by atoms with van der Waals surface area (Å²) in [6, 6.07) is 9.61. The lowest BCUT2D eigenvalue weighted by Crippen LogP contribution is -2.40. The van der Waals surface area contributed by atoms with Crippen LogP contribution in [-0.2, 0) is 30.8 Å². The van der Waals surface area contributed by atoms with E-state index in [0.29, 0.717) is 35.9 Å². The number of sulfonamides is 1. The number of hydrogen-bond donors (Lipinski definition) is 2. The van der Waals surface area contributed by atoms with Crippen molar-refractivity contribution in [1.29, 1.82) is 0 Å². The van der Waals surface area contributed by atoms with Crippen molar-refractivity contribution in [3.63, 3.8) is 0 Å². The van der Waals surface area contributed by atoms with Crippen LogP contribution in [0.15, 0.2) is 41.3 Å². The predicted molar refractivity (Wildman–Crippen MR) is 120 cm³/mol. The van der Waals surface area contributed by atoms with Gasteiger partial charge in [0, 0.05) is 18.8 Å². The maximum atomic E-state index is 13.1. The standard InChI is InChI=1S/C22H25N3O7S/c1-14-22(27)24-17-13-16(4-6-18(17)32-14)23-21(26)12-15-3-5-19(30-2)20(11-15)33(28,29)25-7-9-31-10-8-25/h3-6,11,13-14H,7-10,12H2,1-2H3,(H,23,26)(H,24,27). The summed E-state index contributed by atoms with van der Waals surface area (Å²) >= 11 is 0. The normalized spacial score (nSPS) is 18.6. The van der Waals surface area contributed by atoms with E-state index >= 15 is 0 Å². The lowest BCUT2D eigenvalue weighted by atomic mass is 10.1. The first-order chi connectivity index (χ1) is 15.8. The molecule has 33 heavy (non-hydrogen) atoms. The van der Waals surface area contributed by atoms with Crippen LogP contribution in [0, 0.1) is 0 Å². The summed E-state index contributed by atoms with van der Waals surface area (Å²) in [6.07, 6.45) is -0.636. The van der Waals surface area contributed by atoms with E-state index in [4.69, 9.17) is 14.2 Å². The average Bonchev–Trinajstić information content (AvgIpc) is 2.80. The summed E-state index contributed by atoms with van der Waals surface area (Å²) in [5.74, 6) is 0.128. The molecule has 1 unspecified atom stereocenters. The van der Waals surface area contributed by atoms with Gasteiger partial charge in [-0.1, -0.05) is 6.07 Å². The Hall–Kier alpha value is -3.15. The number of fused-ring (bicyclic) bond motifs is 1. The van der Waals surface area contributed by atoms with Crippen molar-refractivity contribution in [3.05, 3.63) is 42.0 Å². The zero-order valence-electron chi connectivity index (χ0n) is 18.3. The Morgan fingerprint density at radius 2 is 1.97 bits per heavy atom. The highest BCUT2D eigenvalue weighted by Crippen LogP contribution is 2.32. The Bertz CT molecular complexity index is 1180. The molecule has 176 valence electrons. The number of carbonyl (C=O) groups is 2. The number of methoxy groups -OCH3 is 1. The van der Waals surface area contributed by atoms with E-state index in [0.717, 1.165) is 0 Å². The molecule has 0 bridgehead atoms. The molecule has 2 aromatic rings. The molecule has 4 rings (SSSR count). The number of nitrogens with zero attached hydrogens (tertiary/aromatic N) is 1. The van der Waals surface area contributed by atoms with E-state index in [-0.39, 0.29) is 42.0 Å². The van der Waals surface area contributed by atoms with E-state index in [9.17, 15) is 18.0 Å². The van der Waals surface area contributed by atoms with Gasteiger partial charge < -0.3 is 24.8 Å². The Morgan fingerprint density at radius 1 is 1.21 bits per heavy atom. The third-order valence-electron chi connectivity index (χ3n) is 5.37. The molecule has 0 radical (unpaired) electrons. The molecule has 0 aromatic heterocycles. The van der Waals surface area contributed by atoms with E-state index in [2.05, 4.69) is 10.6 Å². The second-order valence-electron chi connectivity index (χ2n) is 7.69. The number of rotatable bonds is 6. The zero-order chi connectivity index (χ0) is 23.6. The van der Waals surface area contributed by atoms with Crippen molar-refractivity contribution in [1.82, 2.24) is 4.31 Å². The number of nitrogens with one attached hydrogen (secondary N) is 2. The highest BCUT2D eigenvalue weighted by atomic mass is 32.2. The van der Waals surface area contributed by atoms with Crippen LogP contribution in [0.5, 0.6) is 11.5 Å². The van der Waals surface area contributed by atoms with Crippen molar-refractivity contribution in [3.8, 4) is 11.5 Å². The Labute approximate surface area is 191 Å². The fourth-order valence-corrected chi connectivity index (χ4v) is 5.25. The van der Waals surface area contributed by atoms with Crippen LogP contribution in [-0.4, -0.2) is 64.1 Å². The molecule has 0 saturated carbocycles. The van der Waals surface area contributed by atoms with Gasteiger partial charge in [0.25, 0.3) is 5.91 Å². The van der Waals surface area contributed by atoms with Crippen molar-refractivity contribution >= 4 is 33.2 Å². The molecule has 2 heterocycles. The van der Waals surface area contributed by atoms with Gasteiger partial charge in [-0.05, 0) is 42.8 Å². The van der Waals surface area contributed by atoms with Gasteiger partial charge in [0.15, 0.2) is 6.10 Å². The number of hydrogen-bond acceptors (Lipinski definition) is 7. The summed E-state index contributed by atoms with van der Waals surface area (Å²) in [5.41, 5.74) is 1.47. The molecule has 2 aromatic carbocycles. The molecular weight excluding hydrogens is 450 g/mol. The lowest BCUT2D eigenvalue weighted by molar-refractivity contribution is -0.122. The molecule has 11 heteroatoms. The van der Waals surface area contributed by atoms with Gasteiger partial charge >= 0.3 is 0 Å². The maximum absolute atomic E-state index is 13.1. The molecule has 0 spiro atoms. The molecule has 2 amide bonds. The van der Waals surface area contributed by atoms with Gasteiger partial charge in [0.1, 0.15) is 16.4 Å². The fraction of sp³-hybridized carbons (Fsp3) is 0.364. The summed E-state index contributed by atoms with van der Waals surface area (Å²) in [5, 5.41) is 5.49. The van der Waals surface area contributed by atoms with Crippen molar-refractivity contribution < 1.29 is 32.2 Å². The first kappa shape index (κ1) is 23.0. The monoisotopic (exact) mass is 475 g/mol. The number of ether oxygens (including phenoxy) is 3. The van der Waals surface area contributed by atoms with E-state index in [1.807, 2.05) is 0 Å². The number of morpholine rings is 1. The van der Waals surface area contributed by atoms with Crippen molar-refractivity contribution in [2.45, 2.75) is 24.3 Å². The second kappa shape index (κ2) is 9.38. The molecule has 2 aliphatic rings. The maximum Gasteiger partial charge on any atom is 0.265 e. The molecule has 1 saturated heterocycles. The SMILES string of the molecule is COc1ccc(CC(=O)Nc2ccc3c(c2)NC(=O)C(C)O3)cc1S(=O)(=O)N1CCOCC1. The average molecular weight is 476 g/mol. The third-order valence-corrected chi connectivity index (χ3v) is 7.29. The fourth-order valence-electron chi connectivity index (χ4n) is 3.64. The zero-order valence-corrected chi connectivity index (χ0v) is 19.1. The summed E-state index contributed by atoms with van der Waals surface area (Å²) in [4.78, 5) is 24.5. The van der Waals surface area contributed by atoms with E-state index < -0.39 is 16.1 Å². The number of amides is 2. The first-order valence-corrected chi connectivity index (χ1v) is 11.9. The van der Waals surface area contributed by atoms with Crippen LogP contribution in [0.2, 0.25) is 0 Å². The summed E-state index contributed by atoms with van der Waals surface area (Å²) in [6.45, 7) is 2.82. The van der Waals surface area contributed by atoms with Crippen LogP contribution in [0.3, 0.4) is 0 Å². The first-order valence-electron chi connectivity index (χ1n) is 10.4. The van der Waals surface area contributed by atoms with Crippen LogP contribution in [0.25, 0.3) is 0 Å². The van der Waals surface area contributed by atoms with Crippen LogP contribution >= 0.6 is 0 Å². The minimum atomic E-state index is -3.80. The molecule has 1 fully saturated rings. The van der Waals surface area contributed by atoms with Crippen LogP contribution in [0.1, 0.15) is 12.5 Å². The molecule has 2 N–H and O–H groups in total. The Balaban J connectivity index is 1.50. The van der Waals surface area contributed by atoms with Gasteiger partial charge in [-0.15, -0.1) is 0 Å². The highest BCUT2D eigenvalue weighted by Gasteiger charge is 2.30. The second-order valence-corrected chi connectivity index (χ2v) is 9.59. The quantitative estimate of drug-likeness (QED) is 0.651. The van der Waals surface area contributed by atoms with E-state index in [1.165, 1.54) is 17.5 Å². The summed E-state index contributed by atoms with van der Waals surface area (Å²) in [7, 11) is -2.40. The lowest BCUT2D eigenvalue weighted by Gasteiger charge is -2.26. The predicted octanol–water partition coefficient (Wildman–Crippen LogP) is 1.62. The molecule has 0 aliphatic carbocycles. The number of benzene rings is 2. The van der Waals surface area contributed by atoms with Crippen LogP contribution in [0.4, 0.5) is 11.4 Å². The van der Waals surface area contributed by atoms with E-state index in [1.54, 1.807) is 37.3 Å². The molecule has 10 nitrogen and oxygen atoms in total. The third kappa shape index (κ3) is 4.95. The Kier molecular flexibility index (Phi) is 6.54. The molecule has 2 aliphatic heterocycles. The minimum absolute atomic E-state index is 0.0139. The molecule has 1 atom stereocenters. The van der Waals surface area contributed by atoms with Gasteiger partial charge in [0.05, 0.1) is 32.4 Å².